The molecule has 3 rings (SSSR count). The van der Waals surface area contributed by atoms with E-state index in [1.165, 1.54) is 23.9 Å². The number of amidine groups is 1. The van der Waals surface area contributed by atoms with Crippen LogP contribution in [0, 0.1) is 5.92 Å². The highest BCUT2D eigenvalue weighted by Crippen LogP contribution is 2.36. The van der Waals surface area contributed by atoms with Gasteiger partial charge in [-0.15, -0.1) is 0 Å². The first-order chi connectivity index (χ1) is 14.8. The standard InChI is InChI=1S/C23H23ClN2O4S/c1-4-26-21(27)20(12-16-11-17(24)7-10-19(16)30-13-14(2)3)31-23(26)25-18-8-5-15(6-9-18)22(28)29/h5-12,14H,4,13H2,1-3H3,(H,28,29)/b20-12+,25-23?. The number of carbonyl (C=O) groups is 2. The first-order valence-corrected chi connectivity index (χ1v) is 11.0. The zero-order valence-corrected chi connectivity index (χ0v) is 19.0. The number of benzene rings is 2. The Balaban J connectivity index is 1.91. The second-order valence-corrected chi connectivity index (χ2v) is 8.74. The monoisotopic (exact) mass is 458 g/mol. The maximum Gasteiger partial charge on any atom is 0.335 e. The van der Waals surface area contributed by atoms with Crippen molar-refractivity contribution in [2.75, 3.05) is 13.2 Å². The Labute approximate surface area is 190 Å². The fraction of sp³-hybridized carbons (Fsp3) is 0.261. The van der Waals surface area contributed by atoms with Gasteiger partial charge in [0.05, 0.1) is 22.8 Å². The number of rotatable bonds is 7. The molecule has 0 radical (unpaired) electrons. The van der Waals surface area contributed by atoms with Crippen LogP contribution < -0.4 is 4.74 Å². The SMILES string of the molecule is CCN1C(=O)/C(=C\c2cc(Cl)ccc2OCC(C)C)SC1=Nc1ccc(C(=O)O)cc1. The fourth-order valence-electron chi connectivity index (χ4n) is 2.82. The highest BCUT2D eigenvalue weighted by molar-refractivity contribution is 8.18. The van der Waals surface area contributed by atoms with E-state index in [2.05, 4.69) is 18.8 Å². The lowest BCUT2D eigenvalue weighted by Gasteiger charge is -2.12. The second kappa shape index (κ2) is 10.0. The Morgan fingerprint density at radius 1 is 1.26 bits per heavy atom. The maximum absolute atomic E-state index is 13.0. The van der Waals surface area contributed by atoms with Crippen molar-refractivity contribution >= 4 is 52.2 Å². The van der Waals surface area contributed by atoms with Crippen molar-refractivity contribution in [3.8, 4) is 5.75 Å². The van der Waals surface area contributed by atoms with Crippen molar-refractivity contribution in [2.24, 2.45) is 10.9 Å². The van der Waals surface area contributed by atoms with E-state index < -0.39 is 5.97 Å². The predicted molar refractivity (Wildman–Crippen MR) is 125 cm³/mol. The minimum Gasteiger partial charge on any atom is -0.493 e. The summed E-state index contributed by atoms with van der Waals surface area (Å²) in [5.41, 5.74) is 1.48. The highest BCUT2D eigenvalue weighted by Gasteiger charge is 2.32. The molecular weight excluding hydrogens is 436 g/mol. The van der Waals surface area contributed by atoms with E-state index in [4.69, 9.17) is 21.4 Å². The van der Waals surface area contributed by atoms with Crippen LogP contribution >= 0.6 is 23.4 Å². The normalized spacial score (nSPS) is 16.5. The van der Waals surface area contributed by atoms with Crippen LogP contribution in [0.5, 0.6) is 5.75 Å². The van der Waals surface area contributed by atoms with Gasteiger partial charge in [-0.25, -0.2) is 9.79 Å². The summed E-state index contributed by atoms with van der Waals surface area (Å²) >= 11 is 7.44. The molecular formula is C23H23ClN2O4S. The first kappa shape index (κ1) is 22.9. The van der Waals surface area contributed by atoms with Gasteiger partial charge in [-0.1, -0.05) is 25.4 Å². The van der Waals surface area contributed by atoms with Gasteiger partial charge in [0.25, 0.3) is 5.91 Å². The first-order valence-electron chi connectivity index (χ1n) is 9.84. The summed E-state index contributed by atoms with van der Waals surface area (Å²) < 4.78 is 5.89. The van der Waals surface area contributed by atoms with Crippen LogP contribution in [0.2, 0.25) is 5.02 Å². The number of carboxylic acid groups (broad SMARTS) is 1. The number of nitrogens with zero attached hydrogens (tertiary/aromatic N) is 2. The lowest BCUT2D eigenvalue weighted by atomic mass is 10.1. The number of hydrogen-bond donors (Lipinski definition) is 1. The Hall–Kier alpha value is -2.77. The van der Waals surface area contributed by atoms with E-state index in [0.29, 0.717) is 45.6 Å². The molecule has 1 heterocycles. The Kier molecular flexibility index (Phi) is 7.41. The minimum absolute atomic E-state index is 0.150. The number of ether oxygens (including phenoxy) is 1. The van der Waals surface area contributed by atoms with Gasteiger partial charge in [0.2, 0.25) is 0 Å². The fourth-order valence-corrected chi connectivity index (χ4v) is 4.05. The number of hydrogen-bond acceptors (Lipinski definition) is 5. The summed E-state index contributed by atoms with van der Waals surface area (Å²) in [7, 11) is 0. The number of carboxylic acids is 1. The Morgan fingerprint density at radius 3 is 2.58 bits per heavy atom. The quantitative estimate of drug-likeness (QED) is 0.538. The van der Waals surface area contributed by atoms with E-state index >= 15 is 0 Å². The molecule has 162 valence electrons. The summed E-state index contributed by atoms with van der Waals surface area (Å²) in [5, 5.41) is 10.1. The third-order valence-electron chi connectivity index (χ3n) is 4.37. The molecule has 1 N–H and O–H groups in total. The van der Waals surface area contributed by atoms with Crippen LogP contribution in [0.25, 0.3) is 6.08 Å². The molecule has 0 aliphatic carbocycles. The molecule has 0 aromatic heterocycles. The molecule has 2 aromatic rings. The van der Waals surface area contributed by atoms with Gasteiger partial charge in [0, 0.05) is 17.1 Å². The van der Waals surface area contributed by atoms with Crippen LogP contribution in [0.15, 0.2) is 52.4 Å². The predicted octanol–water partition coefficient (Wildman–Crippen LogP) is 5.70. The molecule has 6 nitrogen and oxygen atoms in total. The molecule has 1 fully saturated rings. The van der Waals surface area contributed by atoms with Crippen molar-refractivity contribution in [2.45, 2.75) is 20.8 Å². The van der Waals surface area contributed by atoms with Crippen molar-refractivity contribution in [3.05, 3.63) is 63.5 Å². The van der Waals surface area contributed by atoms with E-state index in [9.17, 15) is 9.59 Å². The molecule has 1 aliphatic rings. The van der Waals surface area contributed by atoms with Gasteiger partial charge in [-0.2, -0.15) is 0 Å². The topological polar surface area (TPSA) is 79.2 Å². The molecule has 31 heavy (non-hydrogen) atoms. The molecule has 1 saturated heterocycles. The number of aromatic carboxylic acids is 1. The molecule has 0 saturated carbocycles. The van der Waals surface area contributed by atoms with Gasteiger partial charge in [0.1, 0.15) is 5.75 Å². The van der Waals surface area contributed by atoms with Crippen molar-refractivity contribution in [3.63, 3.8) is 0 Å². The number of likely N-dealkylation sites (N-methyl/N-ethyl adjacent to an activating group) is 1. The Bertz CT molecular complexity index is 1050. The molecule has 1 aliphatic heterocycles. The number of halogens is 1. The summed E-state index contributed by atoms with van der Waals surface area (Å²) in [5.74, 6) is -0.123. The highest BCUT2D eigenvalue weighted by atomic mass is 35.5. The van der Waals surface area contributed by atoms with Crippen molar-refractivity contribution in [1.29, 1.82) is 0 Å². The smallest absolute Gasteiger partial charge is 0.335 e. The van der Waals surface area contributed by atoms with Crippen LogP contribution in [-0.4, -0.2) is 40.2 Å². The van der Waals surface area contributed by atoms with E-state index in [0.717, 1.165) is 5.56 Å². The van der Waals surface area contributed by atoms with E-state index in [1.54, 1.807) is 41.3 Å². The van der Waals surface area contributed by atoms with E-state index in [-0.39, 0.29) is 11.5 Å². The molecule has 0 spiro atoms. The number of thioether (sulfide) groups is 1. The largest absolute Gasteiger partial charge is 0.493 e. The van der Waals surface area contributed by atoms with Gasteiger partial charge >= 0.3 is 5.97 Å². The summed E-state index contributed by atoms with van der Waals surface area (Å²) in [6.45, 7) is 7.02. The van der Waals surface area contributed by atoms with Crippen molar-refractivity contribution in [1.82, 2.24) is 4.90 Å². The maximum atomic E-state index is 13.0. The molecule has 0 unspecified atom stereocenters. The van der Waals surface area contributed by atoms with E-state index in [1.807, 2.05) is 6.92 Å². The van der Waals surface area contributed by atoms with Gasteiger partial charge in [0.15, 0.2) is 5.17 Å². The minimum atomic E-state index is -0.998. The summed E-state index contributed by atoms with van der Waals surface area (Å²) in [6.07, 6.45) is 1.77. The van der Waals surface area contributed by atoms with Gasteiger partial charge < -0.3 is 9.84 Å². The average molecular weight is 459 g/mol. The average Bonchev–Trinajstić information content (AvgIpc) is 3.01. The zero-order valence-electron chi connectivity index (χ0n) is 17.5. The lowest BCUT2D eigenvalue weighted by molar-refractivity contribution is -0.122. The Morgan fingerprint density at radius 2 is 1.97 bits per heavy atom. The van der Waals surface area contributed by atoms with Gasteiger partial charge in [-0.3, -0.25) is 9.69 Å². The summed E-state index contributed by atoms with van der Waals surface area (Å²) in [4.78, 5) is 30.6. The number of carbonyl (C=O) groups excluding carboxylic acids is 1. The van der Waals surface area contributed by atoms with Crippen LogP contribution in [-0.2, 0) is 4.79 Å². The van der Waals surface area contributed by atoms with Gasteiger partial charge in [-0.05, 0) is 73.1 Å². The lowest BCUT2D eigenvalue weighted by Crippen LogP contribution is -2.28. The molecule has 1 amide bonds. The van der Waals surface area contributed by atoms with Crippen LogP contribution in [0.3, 0.4) is 0 Å². The third kappa shape index (κ3) is 5.68. The van der Waals surface area contributed by atoms with Crippen LogP contribution in [0.1, 0.15) is 36.7 Å². The molecule has 8 heteroatoms. The number of amides is 1. The number of aliphatic imine (C=N–C) groups is 1. The third-order valence-corrected chi connectivity index (χ3v) is 5.62. The molecule has 2 aromatic carbocycles. The van der Waals surface area contributed by atoms with Crippen LogP contribution in [0.4, 0.5) is 5.69 Å². The zero-order chi connectivity index (χ0) is 22.5. The molecule has 0 bridgehead atoms. The summed E-state index contributed by atoms with van der Waals surface area (Å²) in [6, 6.07) is 11.5. The molecule has 0 atom stereocenters. The second-order valence-electron chi connectivity index (χ2n) is 7.29. The van der Waals surface area contributed by atoms with Crippen molar-refractivity contribution < 1.29 is 19.4 Å².